The second-order valence-electron chi connectivity index (χ2n) is 5.24. The Hall–Kier alpha value is -1.11. The summed E-state index contributed by atoms with van der Waals surface area (Å²) in [6.45, 7) is 0. The van der Waals surface area contributed by atoms with E-state index in [1.54, 1.807) is 4.90 Å². The van der Waals surface area contributed by atoms with Crippen molar-refractivity contribution in [3.8, 4) is 0 Å². The molecule has 1 aliphatic heterocycles. The number of carbonyl (C=O) groups excluding carboxylic acids is 2. The van der Waals surface area contributed by atoms with Gasteiger partial charge in [-0.05, 0) is 59.0 Å². The number of halogens is 1. The molecule has 2 aliphatic rings. The number of amides is 1. The van der Waals surface area contributed by atoms with Crippen molar-refractivity contribution in [2.24, 2.45) is 0 Å². The molecule has 2 unspecified atom stereocenters. The molecule has 0 aromatic heterocycles. The Kier molecular flexibility index (Phi) is 3.70. The number of carbonyl (C=O) groups is 2. The summed E-state index contributed by atoms with van der Waals surface area (Å²) in [5, 5.41) is 0. The number of benzene rings is 1. The number of nitrogens with zero attached hydrogens (tertiary/aromatic N) is 1. The van der Waals surface area contributed by atoms with Crippen LogP contribution in [0.25, 0.3) is 0 Å². The van der Waals surface area contributed by atoms with Crippen LogP contribution in [0.15, 0.2) is 18.2 Å². The maximum atomic E-state index is 12.2. The van der Waals surface area contributed by atoms with E-state index in [1.165, 1.54) is 21.8 Å². The smallest absolute Gasteiger partial charge is 0.328 e. The molecule has 5 heteroatoms. The molecule has 20 heavy (non-hydrogen) atoms. The predicted octanol–water partition coefficient (Wildman–Crippen LogP) is 2.44. The van der Waals surface area contributed by atoms with Crippen LogP contribution < -0.4 is 0 Å². The van der Waals surface area contributed by atoms with Gasteiger partial charge >= 0.3 is 5.97 Å². The molecule has 0 N–H and O–H groups in total. The van der Waals surface area contributed by atoms with E-state index < -0.39 is 6.04 Å². The number of fused-ring (bicyclic) bond motifs is 1. The SMILES string of the molecule is COC(=O)C1CCC(=O)N1C1CCc2c(I)cccc21. The highest BCUT2D eigenvalue weighted by Gasteiger charge is 2.43. The minimum atomic E-state index is -0.415. The zero-order valence-electron chi connectivity index (χ0n) is 11.3. The van der Waals surface area contributed by atoms with Crippen LogP contribution in [0.3, 0.4) is 0 Å². The fourth-order valence-electron chi connectivity index (χ4n) is 3.34. The van der Waals surface area contributed by atoms with Gasteiger partial charge in [-0.1, -0.05) is 12.1 Å². The summed E-state index contributed by atoms with van der Waals surface area (Å²) in [6.07, 6.45) is 2.88. The summed E-state index contributed by atoms with van der Waals surface area (Å²) in [7, 11) is 1.38. The third kappa shape index (κ3) is 2.12. The van der Waals surface area contributed by atoms with E-state index in [9.17, 15) is 9.59 Å². The lowest BCUT2D eigenvalue weighted by molar-refractivity contribution is -0.150. The minimum absolute atomic E-state index is 0.0267. The lowest BCUT2D eigenvalue weighted by atomic mass is 10.1. The van der Waals surface area contributed by atoms with Gasteiger partial charge in [-0.15, -0.1) is 0 Å². The highest BCUT2D eigenvalue weighted by Crippen LogP contribution is 2.41. The van der Waals surface area contributed by atoms with Crippen molar-refractivity contribution in [1.29, 1.82) is 0 Å². The summed E-state index contributed by atoms with van der Waals surface area (Å²) in [5.41, 5.74) is 2.52. The van der Waals surface area contributed by atoms with E-state index in [-0.39, 0.29) is 17.9 Å². The number of esters is 1. The fourth-order valence-corrected chi connectivity index (χ4v) is 4.13. The first-order valence-electron chi connectivity index (χ1n) is 6.79. The van der Waals surface area contributed by atoms with Crippen LogP contribution in [0.5, 0.6) is 0 Å². The first-order valence-corrected chi connectivity index (χ1v) is 7.87. The Labute approximate surface area is 131 Å². The maximum Gasteiger partial charge on any atom is 0.328 e. The molecule has 1 fully saturated rings. The van der Waals surface area contributed by atoms with Crippen molar-refractivity contribution < 1.29 is 14.3 Å². The molecule has 1 aromatic carbocycles. The van der Waals surface area contributed by atoms with Crippen LogP contribution >= 0.6 is 22.6 Å². The Morgan fingerprint density at radius 1 is 1.35 bits per heavy atom. The largest absolute Gasteiger partial charge is 0.467 e. The molecule has 2 atom stereocenters. The highest BCUT2D eigenvalue weighted by molar-refractivity contribution is 14.1. The van der Waals surface area contributed by atoms with Gasteiger partial charge in [0.05, 0.1) is 13.2 Å². The van der Waals surface area contributed by atoms with E-state index in [4.69, 9.17) is 4.74 Å². The van der Waals surface area contributed by atoms with Gasteiger partial charge in [-0.25, -0.2) is 4.79 Å². The average Bonchev–Trinajstić information content (AvgIpc) is 3.02. The van der Waals surface area contributed by atoms with E-state index in [2.05, 4.69) is 34.7 Å². The molecule has 0 radical (unpaired) electrons. The van der Waals surface area contributed by atoms with E-state index in [0.29, 0.717) is 12.8 Å². The van der Waals surface area contributed by atoms with Crippen molar-refractivity contribution in [2.45, 2.75) is 37.8 Å². The van der Waals surface area contributed by atoms with E-state index in [1.807, 2.05) is 6.07 Å². The number of ether oxygens (including phenoxy) is 1. The molecule has 1 amide bonds. The van der Waals surface area contributed by atoms with Crippen LogP contribution in [0.1, 0.15) is 36.4 Å². The van der Waals surface area contributed by atoms with Crippen molar-refractivity contribution in [2.75, 3.05) is 7.11 Å². The zero-order valence-corrected chi connectivity index (χ0v) is 13.4. The summed E-state index contributed by atoms with van der Waals surface area (Å²) < 4.78 is 6.09. The molecule has 1 aliphatic carbocycles. The van der Waals surface area contributed by atoms with Gasteiger partial charge in [-0.3, -0.25) is 4.79 Å². The molecule has 3 rings (SSSR count). The van der Waals surface area contributed by atoms with Gasteiger partial charge in [0, 0.05) is 9.99 Å². The Balaban J connectivity index is 1.96. The highest BCUT2D eigenvalue weighted by atomic mass is 127. The van der Waals surface area contributed by atoms with Crippen molar-refractivity contribution >= 4 is 34.5 Å². The number of methoxy groups -OCH3 is 1. The molecule has 1 heterocycles. The molecule has 4 nitrogen and oxygen atoms in total. The lowest BCUT2D eigenvalue weighted by Crippen LogP contribution is -2.41. The summed E-state index contributed by atoms with van der Waals surface area (Å²) in [6, 6.07) is 5.80. The van der Waals surface area contributed by atoms with Crippen LogP contribution in [-0.2, 0) is 20.7 Å². The molecule has 0 spiro atoms. The topological polar surface area (TPSA) is 46.6 Å². The molecule has 0 saturated carbocycles. The number of likely N-dealkylation sites (tertiary alicyclic amines) is 1. The maximum absolute atomic E-state index is 12.2. The third-order valence-corrected chi connectivity index (χ3v) is 5.26. The average molecular weight is 385 g/mol. The molecule has 1 saturated heterocycles. The van der Waals surface area contributed by atoms with Gasteiger partial charge in [0.25, 0.3) is 0 Å². The second-order valence-corrected chi connectivity index (χ2v) is 6.40. The predicted molar refractivity (Wildman–Crippen MR) is 82.1 cm³/mol. The Morgan fingerprint density at radius 3 is 2.90 bits per heavy atom. The lowest BCUT2D eigenvalue weighted by Gasteiger charge is -2.30. The summed E-state index contributed by atoms with van der Waals surface area (Å²) >= 11 is 2.34. The molecular formula is C15H16INO3. The standard InChI is InChI=1S/C15H16INO3/c1-20-15(19)13-7-8-14(18)17(13)12-6-5-9-10(12)3-2-4-11(9)16/h2-4,12-13H,5-8H2,1H3. The number of hydrogen-bond donors (Lipinski definition) is 0. The van der Waals surface area contributed by atoms with Gasteiger partial charge < -0.3 is 9.64 Å². The minimum Gasteiger partial charge on any atom is -0.467 e. The fraction of sp³-hybridized carbons (Fsp3) is 0.467. The second kappa shape index (κ2) is 5.35. The summed E-state index contributed by atoms with van der Waals surface area (Å²) in [5.74, 6) is -0.230. The van der Waals surface area contributed by atoms with Gasteiger partial charge in [0.15, 0.2) is 0 Å². The molecule has 1 aromatic rings. The third-order valence-electron chi connectivity index (χ3n) is 4.25. The Bertz CT molecular complexity index is 572. The monoisotopic (exact) mass is 385 g/mol. The van der Waals surface area contributed by atoms with Crippen molar-refractivity contribution in [1.82, 2.24) is 4.90 Å². The molecule has 0 bridgehead atoms. The van der Waals surface area contributed by atoms with Crippen LogP contribution in [0, 0.1) is 3.57 Å². The first kappa shape index (κ1) is 13.9. The van der Waals surface area contributed by atoms with Gasteiger partial charge in [-0.2, -0.15) is 0 Å². The number of rotatable bonds is 2. The molecule has 106 valence electrons. The Morgan fingerprint density at radius 2 is 2.15 bits per heavy atom. The van der Waals surface area contributed by atoms with Crippen LogP contribution in [-0.4, -0.2) is 29.9 Å². The molecular weight excluding hydrogens is 369 g/mol. The van der Waals surface area contributed by atoms with Gasteiger partial charge in [0.2, 0.25) is 5.91 Å². The number of hydrogen-bond acceptors (Lipinski definition) is 3. The van der Waals surface area contributed by atoms with E-state index >= 15 is 0 Å². The summed E-state index contributed by atoms with van der Waals surface area (Å²) in [4.78, 5) is 25.8. The van der Waals surface area contributed by atoms with Gasteiger partial charge in [0.1, 0.15) is 6.04 Å². The van der Waals surface area contributed by atoms with Crippen molar-refractivity contribution in [3.05, 3.63) is 32.9 Å². The quantitative estimate of drug-likeness (QED) is 0.581. The van der Waals surface area contributed by atoms with Crippen LogP contribution in [0.2, 0.25) is 0 Å². The van der Waals surface area contributed by atoms with Crippen LogP contribution in [0.4, 0.5) is 0 Å². The zero-order chi connectivity index (χ0) is 14.3. The first-order chi connectivity index (χ1) is 9.63. The van der Waals surface area contributed by atoms with Crippen molar-refractivity contribution in [3.63, 3.8) is 0 Å². The normalized spacial score (nSPS) is 24.9. The van der Waals surface area contributed by atoms with E-state index in [0.717, 1.165) is 12.8 Å².